The third kappa shape index (κ3) is 6.32. The summed E-state index contributed by atoms with van der Waals surface area (Å²) in [5, 5.41) is 2.81. The van der Waals surface area contributed by atoms with Crippen LogP contribution in [0.3, 0.4) is 0 Å². The normalized spacial score (nSPS) is 10.4. The van der Waals surface area contributed by atoms with Gasteiger partial charge in [0.15, 0.2) is 0 Å². The Hall–Kier alpha value is -2.47. The molecule has 0 unspecified atom stereocenters. The molecule has 0 saturated heterocycles. The predicted octanol–water partition coefficient (Wildman–Crippen LogP) is 3.89. The van der Waals surface area contributed by atoms with Crippen molar-refractivity contribution >= 4 is 29.3 Å². The van der Waals surface area contributed by atoms with Gasteiger partial charge in [-0.15, -0.1) is 11.8 Å². The van der Waals surface area contributed by atoms with Gasteiger partial charge in [-0.05, 0) is 44.5 Å². The molecule has 2 amide bonds. The first-order valence-corrected chi connectivity index (χ1v) is 9.83. The van der Waals surface area contributed by atoms with Crippen molar-refractivity contribution < 1.29 is 14.3 Å². The van der Waals surface area contributed by atoms with E-state index in [4.69, 9.17) is 4.74 Å². The van der Waals surface area contributed by atoms with E-state index in [1.54, 1.807) is 30.2 Å². The maximum absolute atomic E-state index is 12.5. The van der Waals surface area contributed by atoms with Crippen LogP contribution in [-0.2, 0) is 9.59 Å². The van der Waals surface area contributed by atoms with Crippen molar-refractivity contribution in [3.8, 4) is 5.75 Å². The van der Waals surface area contributed by atoms with Gasteiger partial charge in [-0.1, -0.05) is 23.8 Å². The van der Waals surface area contributed by atoms with E-state index >= 15 is 0 Å². The predicted molar refractivity (Wildman–Crippen MR) is 111 cm³/mol. The van der Waals surface area contributed by atoms with Gasteiger partial charge in [0.2, 0.25) is 11.8 Å². The lowest BCUT2D eigenvalue weighted by molar-refractivity contribution is -0.132. The Balaban J connectivity index is 1.91. The first kappa shape index (κ1) is 20.8. The van der Waals surface area contributed by atoms with Gasteiger partial charge in [0.05, 0.1) is 19.4 Å². The SMILES string of the molecule is CCN(CC(=O)Nc1cccc(OC)c1)C(=O)CSc1cc(C)ccc1C. The summed E-state index contributed by atoms with van der Waals surface area (Å²) in [6.07, 6.45) is 0. The number of benzene rings is 2. The van der Waals surface area contributed by atoms with Crippen molar-refractivity contribution in [2.45, 2.75) is 25.7 Å². The van der Waals surface area contributed by atoms with Crippen LogP contribution in [0.4, 0.5) is 5.69 Å². The number of hydrogen-bond donors (Lipinski definition) is 1. The Labute approximate surface area is 165 Å². The van der Waals surface area contributed by atoms with Gasteiger partial charge in [0.1, 0.15) is 5.75 Å². The topological polar surface area (TPSA) is 58.6 Å². The van der Waals surface area contributed by atoms with Crippen LogP contribution in [0.5, 0.6) is 5.75 Å². The Kier molecular flexibility index (Phi) is 7.73. The molecule has 27 heavy (non-hydrogen) atoms. The van der Waals surface area contributed by atoms with Crippen molar-refractivity contribution in [1.29, 1.82) is 0 Å². The molecule has 0 aliphatic carbocycles. The molecule has 2 aromatic rings. The molecular weight excluding hydrogens is 360 g/mol. The number of nitrogens with zero attached hydrogens (tertiary/aromatic N) is 1. The summed E-state index contributed by atoms with van der Waals surface area (Å²) in [7, 11) is 1.58. The zero-order valence-electron chi connectivity index (χ0n) is 16.2. The van der Waals surface area contributed by atoms with Gasteiger partial charge in [0, 0.05) is 23.2 Å². The Morgan fingerprint density at radius 1 is 1.15 bits per heavy atom. The van der Waals surface area contributed by atoms with Crippen molar-refractivity contribution in [2.75, 3.05) is 31.3 Å². The first-order valence-electron chi connectivity index (χ1n) is 8.84. The van der Waals surface area contributed by atoms with Gasteiger partial charge in [-0.2, -0.15) is 0 Å². The average molecular weight is 387 g/mol. The van der Waals surface area contributed by atoms with E-state index in [0.29, 0.717) is 23.7 Å². The van der Waals surface area contributed by atoms with E-state index in [1.165, 1.54) is 17.3 Å². The van der Waals surface area contributed by atoms with Crippen LogP contribution in [-0.4, -0.2) is 42.7 Å². The smallest absolute Gasteiger partial charge is 0.243 e. The van der Waals surface area contributed by atoms with E-state index in [2.05, 4.69) is 23.5 Å². The third-order valence-corrected chi connectivity index (χ3v) is 5.26. The molecule has 0 spiro atoms. The fourth-order valence-electron chi connectivity index (χ4n) is 2.54. The molecule has 0 bridgehead atoms. The summed E-state index contributed by atoms with van der Waals surface area (Å²) >= 11 is 1.51. The van der Waals surface area contributed by atoms with Gasteiger partial charge in [-0.3, -0.25) is 9.59 Å². The summed E-state index contributed by atoms with van der Waals surface area (Å²) in [6.45, 7) is 6.45. The number of likely N-dealkylation sites (N-methyl/N-ethyl adjacent to an activating group) is 1. The van der Waals surface area contributed by atoms with E-state index in [0.717, 1.165) is 10.5 Å². The number of ether oxygens (including phenoxy) is 1. The molecular formula is C21H26N2O3S. The lowest BCUT2D eigenvalue weighted by Crippen LogP contribution is -2.38. The number of thioether (sulfide) groups is 1. The Morgan fingerprint density at radius 3 is 2.63 bits per heavy atom. The standard InChI is InChI=1S/C21H26N2O3S/c1-5-23(13-20(24)22-17-7-6-8-18(12-17)26-4)21(25)14-27-19-11-15(2)9-10-16(19)3/h6-12H,5,13-14H2,1-4H3,(H,22,24). The molecule has 0 saturated carbocycles. The number of rotatable bonds is 8. The number of nitrogens with one attached hydrogen (secondary N) is 1. The quantitative estimate of drug-likeness (QED) is 0.699. The largest absolute Gasteiger partial charge is 0.497 e. The highest BCUT2D eigenvalue weighted by molar-refractivity contribution is 8.00. The van der Waals surface area contributed by atoms with Crippen LogP contribution in [0.25, 0.3) is 0 Å². The third-order valence-electron chi connectivity index (χ3n) is 4.12. The van der Waals surface area contributed by atoms with Crippen LogP contribution in [0, 0.1) is 13.8 Å². The highest BCUT2D eigenvalue weighted by Crippen LogP contribution is 2.24. The van der Waals surface area contributed by atoms with E-state index in [1.807, 2.05) is 26.8 Å². The number of carbonyl (C=O) groups excluding carboxylic acids is 2. The van der Waals surface area contributed by atoms with Gasteiger partial charge >= 0.3 is 0 Å². The maximum atomic E-state index is 12.5. The summed E-state index contributed by atoms with van der Waals surface area (Å²) in [5.74, 6) is 0.699. The molecule has 2 rings (SSSR count). The van der Waals surface area contributed by atoms with Crippen LogP contribution in [0.15, 0.2) is 47.4 Å². The second-order valence-corrected chi connectivity index (χ2v) is 7.26. The molecule has 144 valence electrons. The number of amides is 2. The minimum absolute atomic E-state index is 0.0277. The minimum Gasteiger partial charge on any atom is -0.497 e. The molecule has 0 aromatic heterocycles. The molecule has 0 aliphatic heterocycles. The number of methoxy groups -OCH3 is 1. The van der Waals surface area contributed by atoms with Crippen LogP contribution < -0.4 is 10.1 Å². The first-order chi connectivity index (χ1) is 12.9. The van der Waals surface area contributed by atoms with E-state index in [-0.39, 0.29) is 18.4 Å². The van der Waals surface area contributed by atoms with E-state index < -0.39 is 0 Å². The van der Waals surface area contributed by atoms with Crippen molar-refractivity contribution in [3.63, 3.8) is 0 Å². The molecule has 6 heteroatoms. The summed E-state index contributed by atoms with van der Waals surface area (Å²) in [4.78, 5) is 27.5. The number of hydrogen-bond acceptors (Lipinski definition) is 4. The van der Waals surface area contributed by atoms with Gasteiger partial charge in [-0.25, -0.2) is 0 Å². The van der Waals surface area contributed by atoms with Crippen molar-refractivity contribution in [2.24, 2.45) is 0 Å². The summed E-state index contributed by atoms with van der Waals surface area (Å²) in [6, 6.07) is 13.3. The summed E-state index contributed by atoms with van der Waals surface area (Å²) < 4.78 is 5.15. The average Bonchev–Trinajstić information content (AvgIpc) is 2.66. The number of carbonyl (C=O) groups is 2. The fourth-order valence-corrected chi connectivity index (χ4v) is 3.57. The Bertz CT molecular complexity index is 808. The second kappa shape index (κ2) is 10.0. The van der Waals surface area contributed by atoms with Crippen molar-refractivity contribution in [1.82, 2.24) is 4.90 Å². The molecule has 2 aromatic carbocycles. The highest BCUT2D eigenvalue weighted by atomic mass is 32.2. The summed E-state index contributed by atoms with van der Waals surface area (Å²) in [5.41, 5.74) is 2.96. The van der Waals surface area contributed by atoms with Crippen LogP contribution in [0.2, 0.25) is 0 Å². The molecule has 1 N–H and O–H groups in total. The molecule has 0 radical (unpaired) electrons. The zero-order valence-corrected chi connectivity index (χ0v) is 17.1. The number of aryl methyl sites for hydroxylation is 2. The monoisotopic (exact) mass is 386 g/mol. The second-order valence-electron chi connectivity index (χ2n) is 6.25. The zero-order chi connectivity index (χ0) is 19.8. The highest BCUT2D eigenvalue weighted by Gasteiger charge is 2.16. The van der Waals surface area contributed by atoms with Gasteiger partial charge < -0.3 is 15.0 Å². The maximum Gasteiger partial charge on any atom is 0.243 e. The number of anilines is 1. The molecule has 0 aliphatic rings. The van der Waals surface area contributed by atoms with Crippen molar-refractivity contribution in [3.05, 3.63) is 53.6 Å². The van der Waals surface area contributed by atoms with Crippen LogP contribution in [0.1, 0.15) is 18.1 Å². The van der Waals surface area contributed by atoms with Crippen LogP contribution >= 0.6 is 11.8 Å². The lowest BCUT2D eigenvalue weighted by Gasteiger charge is -2.20. The molecule has 0 heterocycles. The van der Waals surface area contributed by atoms with Gasteiger partial charge in [0.25, 0.3) is 0 Å². The fraction of sp³-hybridized carbons (Fsp3) is 0.333. The Morgan fingerprint density at radius 2 is 1.93 bits per heavy atom. The lowest BCUT2D eigenvalue weighted by atomic mass is 10.2. The molecule has 0 fully saturated rings. The molecule has 0 atom stereocenters. The molecule has 5 nitrogen and oxygen atoms in total. The van der Waals surface area contributed by atoms with E-state index in [9.17, 15) is 9.59 Å². The minimum atomic E-state index is -0.227.